The fraction of sp³-hybridized carbons (Fsp3) is 0.476. The number of fused-ring (bicyclic) bond motifs is 8. The van der Waals surface area contributed by atoms with Gasteiger partial charge in [-0.05, 0) is 44.0 Å². The second kappa shape index (κ2) is 13.0. The topological polar surface area (TPSA) is 173 Å². The van der Waals surface area contributed by atoms with Gasteiger partial charge in [-0.1, -0.05) is 31.2 Å². The van der Waals surface area contributed by atoms with Crippen molar-refractivity contribution in [2.24, 2.45) is 0 Å². The van der Waals surface area contributed by atoms with Gasteiger partial charge in [-0.25, -0.2) is 4.79 Å². The summed E-state index contributed by atoms with van der Waals surface area (Å²) in [5.41, 5.74) is 2.41. The molecule has 9 heterocycles. The molecule has 4 aromatic rings. The number of aryl methyl sites for hydroxylation is 1. The molecule has 0 saturated carbocycles. The molecule has 0 aliphatic carbocycles. The van der Waals surface area contributed by atoms with Crippen LogP contribution in [-0.4, -0.2) is 101 Å². The van der Waals surface area contributed by atoms with E-state index in [9.17, 15) is 24.9 Å². The molecule has 57 heavy (non-hydrogen) atoms. The van der Waals surface area contributed by atoms with Gasteiger partial charge in [-0.3, -0.25) is 19.9 Å². The van der Waals surface area contributed by atoms with Gasteiger partial charge in [0.1, 0.15) is 29.4 Å². The molecule has 14 nitrogen and oxygen atoms in total. The second-order valence-corrected chi connectivity index (χ2v) is 17.2. The zero-order chi connectivity index (χ0) is 39.7. The molecule has 8 aliphatic rings. The van der Waals surface area contributed by atoms with Crippen molar-refractivity contribution >= 4 is 34.7 Å². The number of carbonyl (C=O) groups excluding carboxylic acids is 2. The number of carbonyl (C=O) groups is 2. The normalized spacial score (nSPS) is 31.0. The number of hydrogen-bond donors (Lipinski definition) is 4. The van der Waals surface area contributed by atoms with Crippen LogP contribution < -0.4 is 24.3 Å². The van der Waals surface area contributed by atoms with E-state index < -0.39 is 52.6 Å². The summed E-state index contributed by atoms with van der Waals surface area (Å²) in [5, 5.41) is 39.8. The highest BCUT2D eigenvalue weighted by molar-refractivity contribution is 7.99. The lowest BCUT2D eigenvalue weighted by Crippen LogP contribution is -2.70. The van der Waals surface area contributed by atoms with E-state index in [0.717, 1.165) is 22.1 Å². The summed E-state index contributed by atoms with van der Waals surface area (Å²) in [6.45, 7) is 7.32. The van der Waals surface area contributed by atoms with E-state index in [4.69, 9.17) is 28.1 Å². The lowest BCUT2D eigenvalue weighted by atomic mass is 9.78. The first-order chi connectivity index (χ1) is 27.4. The Balaban J connectivity index is 1.26. The first-order valence-electron chi connectivity index (χ1n) is 19.4. The van der Waals surface area contributed by atoms with Crippen molar-refractivity contribution in [1.82, 2.24) is 15.1 Å². The molecule has 3 aromatic carbocycles. The summed E-state index contributed by atoms with van der Waals surface area (Å²) in [5.74, 6) is 0.952. The molecule has 2 fully saturated rings. The number of phenolic OH excluding ortho intramolecular Hbond substituents is 1. The predicted octanol–water partition coefficient (Wildman–Crippen LogP) is 4.20. The Morgan fingerprint density at radius 3 is 2.65 bits per heavy atom. The van der Waals surface area contributed by atoms with Crippen molar-refractivity contribution in [1.29, 1.82) is 0 Å². The second-order valence-electron chi connectivity index (χ2n) is 16.0. The Hall–Kier alpha value is -4.51. The van der Waals surface area contributed by atoms with Crippen LogP contribution in [-0.2, 0) is 32.7 Å². The molecule has 8 aliphatic heterocycles. The quantitative estimate of drug-likeness (QED) is 0.171. The third-order valence-corrected chi connectivity index (χ3v) is 14.4. The number of piperazine rings is 1. The van der Waals surface area contributed by atoms with E-state index >= 15 is 0 Å². The molecule has 300 valence electrons. The SMILES string of the molecule is CCN1CC2(O)Cc3cc(C)c(OC)c(O)c3C1[C@@H]1[C@@H]3SC[C@]4(N[C@H](CO)Cc5c4oc4ccccc54)C(=O)OC[C@@H](c4c5c(c(C)c(OC(C)=O)c43)OCO5)N12. The zero-order valence-electron chi connectivity index (χ0n) is 32.3. The Kier molecular flexibility index (Phi) is 8.39. The molecule has 8 atom stereocenters. The maximum Gasteiger partial charge on any atom is 0.335 e. The number of aliphatic hydroxyl groups excluding tert-OH is 1. The number of nitrogens with zero attached hydrogens (tertiary/aromatic N) is 2. The molecule has 3 unspecified atom stereocenters. The monoisotopic (exact) mass is 799 g/mol. The first kappa shape index (κ1) is 36.8. The number of benzene rings is 3. The molecule has 0 radical (unpaired) electrons. The van der Waals surface area contributed by atoms with Crippen LogP contribution in [0.15, 0.2) is 34.7 Å². The number of para-hydroxylation sites is 1. The van der Waals surface area contributed by atoms with Crippen LogP contribution in [0.4, 0.5) is 0 Å². The van der Waals surface area contributed by atoms with E-state index in [-0.39, 0.29) is 44.5 Å². The van der Waals surface area contributed by atoms with Gasteiger partial charge < -0.3 is 43.4 Å². The van der Waals surface area contributed by atoms with Gasteiger partial charge in [-0.15, -0.1) is 11.8 Å². The van der Waals surface area contributed by atoms with E-state index in [2.05, 4.69) is 15.1 Å². The summed E-state index contributed by atoms with van der Waals surface area (Å²) in [6.07, 6.45) is 0.598. The number of aliphatic hydroxyl groups is 2. The maximum absolute atomic E-state index is 15.0. The van der Waals surface area contributed by atoms with E-state index in [1.807, 2.05) is 51.1 Å². The highest BCUT2D eigenvalue weighted by Gasteiger charge is 2.64. The van der Waals surface area contributed by atoms with Gasteiger partial charge in [0.05, 0.1) is 31.1 Å². The summed E-state index contributed by atoms with van der Waals surface area (Å²) >= 11 is 1.45. The number of rotatable bonds is 4. The summed E-state index contributed by atoms with van der Waals surface area (Å²) < 4.78 is 37.3. The van der Waals surface area contributed by atoms with Crippen molar-refractivity contribution in [3.63, 3.8) is 0 Å². The van der Waals surface area contributed by atoms with Crippen molar-refractivity contribution in [3.8, 4) is 28.7 Å². The highest BCUT2D eigenvalue weighted by atomic mass is 32.2. The average molecular weight is 800 g/mol. The minimum atomic E-state index is -1.54. The number of likely N-dealkylation sites (N-methyl/N-ethyl adjacent to an activating group) is 1. The number of furan rings is 1. The van der Waals surface area contributed by atoms with E-state index in [1.54, 1.807) is 0 Å². The van der Waals surface area contributed by atoms with Gasteiger partial charge >= 0.3 is 11.9 Å². The fourth-order valence-corrected chi connectivity index (χ4v) is 12.4. The third kappa shape index (κ3) is 5.02. The molecule has 12 rings (SSSR count). The molecular weight excluding hydrogens is 755 g/mol. The number of ether oxygens (including phenoxy) is 5. The van der Waals surface area contributed by atoms with Crippen LogP contribution in [0.1, 0.15) is 75.9 Å². The smallest absolute Gasteiger partial charge is 0.335 e. The lowest BCUT2D eigenvalue weighted by molar-refractivity contribution is -0.218. The number of esters is 2. The van der Waals surface area contributed by atoms with Gasteiger partial charge in [0.2, 0.25) is 6.79 Å². The molecule has 4 N–H and O–H groups in total. The van der Waals surface area contributed by atoms with Crippen molar-refractivity contribution in [2.45, 2.75) is 81.2 Å². The molecule has 1 spiro atoms. The number of methoxy groups -OCH3 is 1. The molecular formula is C42H45N3O11S. The summed E-state index contributed by atoms with van der Waals surface area (Å²) in [6, 6.07) is 7.17. The molecule has 2 saturated heterocycles. The zero-order valence-corrected chi connectivity index (χ0v) is 33.2. The fourth-order valence-electron chi connectivity index (χ4n) is 10.8. The molecule has 0 amide bonds. The van der Waals surface area contributed by atoms with Crippen LogP contribution in [0.25, 0.3) is 11.0 Å². The number of hydrogen-bond acceptors (Lipinski definition) is 15. The first-order valence-corrected chi connectivity index (χ1v) is 20.5. The van der Waals surface area contributed by atoms with Gasteiger partial charge in [0, 0.05) is 70.9 Å². The number of aromatic hydroxyl groups is 1. The summed E-state index contributed by atoms with van der Waals surface area (Å²) in [7, 11) is 1.53. The van der Waals surface area contributed by atoms with Crippen LogP contribution in [0.2, 0.25) is 0 Å². The summed E-state index contributed by atoms with van der Waals surface area (Å²) in [4.78, 5) is 32.3. The van der Waals surface area contributed by atoms with Gasteiger partial charge in [0.25, 0.3) is 0 Å². The Morgan fingerprint density at radius 2 is 1.89 bits per heavy atom. The third-order valence-electron chi connectivity index (χ3n) is 12.9. The van der Waals surface area contributed by atoms with E-state index in [0.29, 0.717) is 69.6 Å². The minimum Gasteiger partial charge on any atom is -0.504 e. The number of nitrogens with one attached hydrogen (secondary N) is 1. The molecule has 15 heteroatoms. The molecule has 1 aromatic heterocycles. The van der Waals surface area contributed by atoms with Crippen LogP contribution in [0.5, 0.6) is 28.7 Å². The predicted molar refractivity (Wildman–Crippen MR) is 207 cm³/mol. The van der Waals surface area contributed by atoms with Crippen LogP contribution >= 0.6 is 11.8 Å². The van der Waals surface area contributed by atoms with Crippen LogP contribution in [0.3, 0.4) is 0 Å². The van der Waals surface area contributed by atoms with Gasteiger partial charge in [-0.2, -0.15) is 0 Å². The molecule has 4 bridgehead atoms. The van der Waals surface area contributed by atoms with Crippen molar-refractivity contribution in [2.75, 3.05) is 46.0 Å². The number of thioether (sulfide) groups is 1. The maximum atomic E-state index is 15.0. The van der Waals surface area contributed by atoms with Crippen molar-refractivity contribution < 1.29 is 53.0 Å². The Morgan fingerprint density at radius 1 is 1.11 bits per heavy atom. The lowest BCUT2D eigenvalue weighted by Gasteiger charge is -2.61. The number of phenols is 1. The largest absolute Gasteiger partial charge is 0.504 e. The minimum absolute atomic E-state index is 0.0110. The van der Waals surface area contributed by atoms with Gasteiger partial charge in [0.15, 0.2) is 28.5 Å². The van der Waals surface area contributed by atoms with Crippen LogP contribution in [0, 0.1) is 13.8 Å². The Labute approximate surface area is 332 Å². The van der Waals surface area contributed by atoms with Crippen molar-refractivity contribution in [3.05, 3.63) is 75.0 Å². The average Bonchev–Trinajstić information content (AvgIpc) is 3.78. The highest BCUT2D eigenvalue weighted by Crippen LogP contribution is 2.65. The Bertz CT molecular complexity index is 2380. The standard InChI is InChI=1S/C42H45N3O11S/c1-6-44-16-41(50)13-22-11-19(2)34(51-5)33(48)28(22)31(44)32-38-30-29(37-36(53-18-54-37)20(3)35(30)55-21(4)47)26(45(32)41)15-52-40(49)42(17-57-38)39-25(12-23(14-46)43-42)24-9-7-8-10-27(24)56-39/h7-11,23,26,31-32,38,43,46,48,50H,6,12-18H2,1-5H3/t23-,26-,31?,32+,38+,41?,42+/m0/s1. The van der Waals surface area contributed by atoms with E-state index in [1.165, 1.54) is 25.8 Å².